The molecule has 2 aromatic rings. The number of amides is 1. The second-order valence-corrected chi connectivity index (χ2v) is 7.92. The van der Waals surface area contributed by atoms with E-state index in [0.29, 0.717) is 13.1 Å². The fraction of sp³-hybridized carbons (Fsp3) is 0.435. The van der Waals surface area contributed by atoms with Crippen molar-refractivity contribution >= 4 is 5.91 Å². The monoisotopic (exact) mass is 417 g/mol. The SMILES string of the molecule is COc1ccc(C[NH+]2CC[NH+](CC(=O)N(C)Cc3cccc(F)c3)CC2)cc1OC. The summed E-state index contributed by atoms with van der Waals surface area (Å²) in [7, 11) is 5.08. The second kappa shape index (κ2) is 10.4. The Morgan fingerprint density at radius 2 is 1.67 bits per heavy atom. The smallest absolute Gasteiger partial charge is 0.277 e. The summed E-state index contributed by atoms with van der Waals surface area (Å²) >= 11 is 0. The van der Waals surface area contributed by atoms with Crippen LogP contribution in [0.1, 0.15) is 11.1 Å². The standard InChI is InChI=1S/C23H30FN3O3/c1-25(15-18-5-4-6-20(24)13-18)23(28)17-27-11-9-26(10-12-27)16-19-7-8-21(29-2)22(14-19)30-3/h4-8,13-14H,9-12,15-17H2,1-3H3/p+2. The Kier molecular flexibility index (Phi) is 7.65. The number of methoxy groups -OCH3 is 2. The quantitative estimate of drug-likeness (QED) is 0.625. The highest BCUT2D eigenvalue weighted by molar-refractivity contribution is 5.76. The summed E-state index contributed by atoms with van der Waals surface area (Å²) in [5.74, 6) is 1.32. The Hall–Kier alpha value is -2.64. The number of likely N-dealkylation sites (N-methyl/N-ethyl adjacent to an activating group) is 1. The number of rotatable bonds is 8. The van der Waals surface area contributed by atoms with Gasteiger partial charge in [-0.05, 0) is 35.9 Å². The van der Waals surface area contributed by atoms with E-state index in [1.165, 1.54) is 27.5 Å². The lowest BCUT2D eigenvalue weighted by Crippen LogP contribution is -3.28. The van der Waals surface area contributed by atoms with Crippen molar-refractivity contribution in [2.75, 3.05) is 54.0 Å². The second-order valence-electron chi connectivity index (χ2n) is 7.92. The van der Waals surface area contributed by atoms with Crippen LogP contribution in [0.15, 0.2) is 42.5 Å². The summed E-state index contributed by atoms with van der Waals surface area (Å²) in [5, 5.41) is 0. The molecule has 162 valence electrons. The van der Waals surface area contributed by atoms with Crippen molar-refractivity contribution in [2.24, 2.45) is 0 Å². The van der Waals surface area contributed by atoms with Crippen LogP contribution < -0.4 is 19.3 Å². The number of hydrogen-bond donors (Lipinski definition) is 2. The molecule has 3 rings (SSSR count). The van der Waals surface area contributed by atoms with Crippen LogP contribution >= 0.6 is 0 Å². The molecule has 7 heteroatoms. The Labute approximate surface area is 177 Å². The third-order valence-electron chi connectivity index (χ3n) is 5.70. The van der Waals surface area contributed by atoms with E-state index in [-0.39, 0.29) is 11.7 Å². The van der Waals surface area contributed by atoms with Gasteiger partial charge >= 0.3 is 0 Å². The summed E-state index contributed by atoms with van der Waals surface area (Å²) in [6.45, 7) is 5.80. The Morgan fingerprint density at radius 1 is 0.967 bits per heavy atom. The van der Waals surface area contributed by atoms with Crippen LogP contribution in [-0.2, 0) is 17.9 Å². The van der Waals surface area contributed by atoms with E-state index >= 15 is 0 Å². The zero-order valence-electron chi connectivity index (χ0n) is 18.0. The number of benzene rings is 2. The molecule has 0 aliphatic carbocycles. The lowest BCUT2D eigenvalue weighted by atomic mass is 10.1. The number of nitrogens with zero attached hydrogens (tertiary/aromatic N) is 1. The van der Waals surface area contributed by atoms with Crippen LogP contribution in [0.5, 0.6) is 11.5 Å². The van der Waals surface area contributed by atoms with Gasteiger partial charge in [-0.1, -0.05) is 12.1 Å². The minimum absolute atomic E-state index is 0.0950. The molecule has 0 aromatic heterocycles. The van der Waals surface area contributed by atoms with Crippen molar-refractivity contribution in [1.29, 1.82) is 0 Å². The molecule has 1 fully saturated rings. The van der Waals surface area contributed by atoms with Crippen LogP contribution in [0.3, 0.4) is 0 Å². The first-order chi connectivity index (χ1) is 14.5. The molecule has 1 amide bonds. The maximum absolute atomic E-state index is 13.3. The molecule has 1 aliphatic rings. The molecule has 2 aromatic carbocycles. The van der Waals surface area contributed by atoms with Gasteiger partial charge in [0.25, 0.3) is 5.91 Å². The third-order valence-corrected chi connectivity index (χ3v) is 5.70. The molecule has 30 heavy (non-hydrogen) atoms. The Balaban J connectivity index is 1.45. The average Bonchev–Trinajstić information content (AvgIpc) is 2.75. The van der Waals surface area contributed by atoms with Crippen molar-refractivity contribution in [2.45, 2.75) is 13.1 Å². The maximum Gasteiger partial charge on any atom is 0.277 e. The first-order valence-electron chi connectivity index (χ1n) is 10.3. The predicted octanol–water partition coefficient (Wildman–Crippen LogP) is -0.215. The van der Waals surface area contributed by atoms with E-state index in [2.05, 4.69) is 6.07 Å². The molecule has 2 N–H and O–H groups in total. The topological polar surface area (TPSA) is 47.7 Å². The van der Waals surface area contributed by atoms with Crippen molar-refractivity contribution in [3.8, 4) is 11.5 Å². The molecule has 6 nitrogen and oxygen atoms in total. The fourth-order valence-electron chi connectivity index (χ4n) is 3.94. The zero-order valence-corrected chi connectivity index (χ0v) is 18.0. The Morgan fingerprint density at radius 3 is 2.33 bits per heavy atom. The van der Waals surface area contributed by atoms with E-state index in [9.17, 15) is 9.18 Å². The van der Waals surface area contributed by atoms with Crippen molar-refractivity contribution in [3.05, 3.63) is 59.4 Å². The third kappa shape index (κ3) is 5.93. The van der Waals surface area contributed by atoms with Gasteiger partial charge in [0.15, 0.2) is 18.0 Å². The van der Waals surface area contributed by atoms with Gasteiger partial charge in [0, 0.05) is 19.2 Å². The van der Waals surface area contributed by atoms with Crippen LogP contribution in [0, 0.1) is 5.82 Å². The van der Waals surface area contributed by atoms with E-state index in [4.69, 9.17) is 9.47 Å². The molecular weight excluding hydrogens is 385 g/mol. The molecule has 0 unspecified atom stereocenters. The molecule has 1 heterocycles. The van der Waals surface area contributed by atoms with E-state index in [0.717, 1.165) is 49.8 Å². The van der Waals surface area contributed by atoms with Crippen LogP contribution in [0.25, 0.3) is 0 Å². The van der Waals surface area contributed by atoms with Crippen LogP contribution in [0.2, 0.25) is 0 Å². The molecular formula is C23H32FN3O3+2. The number of carbonyl (C=O) groups is 1. The van der Waals surface area contributed by atoms with Gasteiger partial charge in [-0.3, -0.25) is 4.79 Å². The minimum Gasteiger partial charge on any atom is -0.493 e. The van der Waals surface area contributed by atoms with Gasteiger partial charge < -0.3 is 24.2 Å². The van der Waals surface area contributed by atoms with Gasteiger partial charge in [0.05, 0.1) is 14.2 Å². The number of quaternary nitrogens is 2. The zero-order chi connectivity index (χ0) is 21.5. The molecule has 1 aliphatic heterocycles. The molecule has 0 radical (unpaired) electrons. The van der Waals surface area contributed by atoms with Gasteiger partial charge in [0.1, 0.15) is 38.5 Å². The first-order valence-corrected chi connectivity index (χ1v) is 10.3. The lowest BCUT2D eigenvalue weighted by molar-refractivity contribution is -1.02. The largest absolute Gasteiger partial charge is 0.493 e. The highest BCUT2D eigenvalue weighted by atomic mass is 19.1. The summed E-state index contributed by atoms with van der Waals surface area (Å²) < 4.78 is 24.0. The molecule has 0 spiro atoms. The highest BCUT2D eigenvalue weighted by Crippen LogP contribution is 2.27. The normalized spacial score (nSPS) is 18.7. The average molecular weight is 418 g/mol. The van der Waals surface area contributed by atoms with Crippen molar-refractivity contribution < 1.29 is 28.5 Å². The molecule has 0 bridgehead atoms. The Bertz CT molecular complexity index is 853. The van der Waals surface area contributed by atoms with E-state index < -0.39 is 0 Å². The number of hydrogen-bond acceptors (Lipinski definition) is 3. The fourth-order valence-corrected chi connectivity index (χ4v) is 3.94. The number of nitrogens with one attached hydrogen (secondary N) is 2. The summed E-state index contributed by atoms with van der Waals surface area (Å²) in [4.78, 5) is 17.1. The van der Waals surface area contributed by atoms with Crippen LogP contribution in [0.4, 0.5) is 4.39 Å². The van der Waals surface area contributed by atoms with Crippen molar-refractivity contribution in [1.82, 2.24) is 4.90 Å². The van der Waals surface area contributed by atoms with Gasteiger partial charge in [0.2, 0.25) is 0 Å². The van der Waals surface area contributed by atoms with Gasteiger partial charge in [-0.25, -0.2) is 4.39 Å². The van der Waals surface area contributed by atoms with Crippen LogP contribution in [-0.4, -0.2) is 64.8 Å². The van der Waals surface area contributed by atoms with Gasteiger partial charge in [-0.15, -0.1) is 0 Å². The molecule has 0 saturated carbocycles. The predicted molar refractivity (Wildman–Crippen MR) is 112 cm³/mol. The van der Waals surface area contributed by atoms with Gasteiger partial charge in [-0.2, -0.15) is 0 Å². The molecule has 0 atom stereocenters. The molecule has 1 saturated heterocycles. The number of carbonyl (C=O) groups excluding carboxylic acids is 1. The van der Waals surface area contributed by atoms with E-state index in [1.807, 2.05) is 18.2 Å². The summed E-state index contributed by atoms with van der Waals surface area (Å²) in [6.07, 6.45) is 0. The summed E-state index contributed by atoms with van der Waals surface area (Å²) in [6, 6.07) is 12.5. The van der Waals surface area contributed by atoms with E-state index in [1.54, 1.807) is 32.2 Å². The van der Waals surface area contributed by atoms with Crippen molar-refractivity contribution in [3.63, 3.8) is 0 Å². The maximum atomic E-state index is 13.3. The lowest BCUT2D eigenvalue weighted by Gasteiger charge is -2.30. The summed E-state index contributed by atoms with van der Waals surface area (Å²) in [5.41, 5.74) is 2.03. The number of piperazine rings is 1. The first kappa shape index (κ1) is 22.1. The number of ether oxygens (including phenoxy) is 2. The minimum atomic E-state index is -0.271. The highest BCUT2D eigenvalue weighted by Gasteiger charge is 2.26. The number of halogens is 1.